The first-order valence-corrected chi connectivity index (χ1v) is 6.48. The van der Waals surface area contributed by atoms with E-state index in [9.17, 15) is 39.2 Å². The molecule has 1 aromatic rings. The summed E-state index contributed by atoms with van der Waals surface area (Å²) in [7, 11) is -6.50. The Labute approximate surface area is 114 Å². The van der Waals surface area contributed by atoms with E-state index in [-0.39, 0.29) is 11.6 Å². The van der Waals surface area contributed by atoms with Crippen LogP contribution in [0.1, 0.15) is 17.2 Å². The zero-order chi connectivity index (χ0) is 16.6. The Hall–Kier alpha value is -1.36. The van der Waals surface area contributed by atoms with Gasteiger partial charge in [-0.1, -0.05) is 6.07 Å². The molecule has 0 spiro atoms. The van der Waals surface area contributed by atoms with Crippen molar-refractivity contribution in [2.24, 2.45) is 0 Å². The van der Waals surface area contributed by atoms with E-state index in [0.717, 1.165) is 6.07 Å². The van der Waals surface area contributed by atoms with Gasteiger partial charge in [0.25, 0.3) is 0 Å². The Bertz CT molecular complexity index is 598. The summed E-state index contributed by atoms with van der Waals surface area (Å²) in [4.78, 5) is 0. The number of halogens is 7. The Balaban J connectivity index is 3.33. The van der Waals surface area contributed by atoms with E-state index >= 15 is 0 Å². The highest BCUT2D eigenvalue weighted by molar-refractivity contribution is 7.87. The first kappa shape index (κ1) is 17.7. The third-order valence-corrected chi connectivity index (χ3v) is 3.18. The van der Waals surface area contributed by atoms with E-state index in [2.05, 4.69) is 4.18 Å². The molecule has 0 aromatic heterocycles. The third-order valence-electron chi connectivity index (χ3n) is 2.17. The van der Waals surface area contributed by atoms with Gasteiger partial charge in [0, 0.05) is 0 Å². The molecule has 1 atom stereocenters. The van der Waals surface area contributed by atoms with Crippen molar-refractivity contribution in [3.8, 4) is 0 Å². The Morgan fingerprint density at radius 3 is 1.95 bits per heavy atom. The summed E-state index contributed by atoms with van der Waals surface area (Å²) >= 11 is 0. The third kappa shape index (κ3) is 4.30. The van der Waals surface area contributed by atoms with Crippen LogP contribution in [-0.2, 0) is 14.3 Å². The SMILES string of the molecule is Cc1cc(F)cc(C(OS(=O)(=O)C(F)(F)F)C(F)(F)F)c1. The molecule has 0 heterocycles. The van der Waals surface area contributed by atoms with Crippen molar-refractivity contribution in [2.45, 2.75) is 24.7 Å². The van der Waals surface area contributed by atoms with Gasteiger partial charge in [0.1, 0.15) is 5.82 Å². The molecule has 0 radical (unpaired) electrons. The van der Waals surface area contributed by atoms with Crippen LogP contribution in [0.15, 0.2) is 18.2 Å². The smallest absolute Gasteiger partial charge is 0.245 e. The molecule has 3 nitrogen and oxygen atoms in total. The molecule has 0 aliphatic carbocycles. The highest BCUT2D eigenvalue weighted by Gasteiger charge is 2.54. The molecule has 21 heavy (non-hydrogen) atoms. The number of hydrogen-bond donors (Lipinski definition) is 0. The second-order valence-electron chi connectivity index (χ2n) is 3.98. The van der Waals surface area contributed by atoms with Crippen LogP contribution in [0.2, 0.25) is 0 Å². The van der Waals surface area contributed by atoms with Crippen LogP contribution in [0, 0.1) is 12.7 Å². The van der Waals surface area contributed by atoms with Gasteiger partial charge in [-0.15, -0.1) is 0 Å². The minimum atomic E-state index is -6.50. The van der Waals surface area contributed by atoms with Gasteiger partial charge in [-0.25, -0.2) is 8.57 Å². The molecule has 0 bridgehead atoms. The van der Waals surface area contributed by atoms with Crippen molar-refractivity contribution in [2.75, 3.05) is 0 Å². The van der Waals surface area contributed by atoms with E-state index < -0.39 is 39.3 Å². The van der Waals surface area contributed by atoms with Gasteiger partial charge < -0.3 is 0 Å². The van der Waals surface area contributed by atoms with Gasteiger partial charge in [0.2, 0.25) is 0 Å². The Morgan fingerprint density at radius 1 is 1.05 bits per heavy atom. The fraction of sp³-hybridized carbons (Fsp3) is 0.400. The maximum absolute atomic E-state index is 13.0. The quantitative estimate of drug-likeness (QED) is 0.480. The van der Waals surface area contributed by atoms with Crippen molar-refractivity contribution >= 4 is 10.1 Å². The average molecular weight is 340 g/mol. The van der Waals surface area contributed by atoms with Gasteiger partial charge in [0.15, 0.2) is 6.10 Å². The van der Waals surface area contributed by atoms with Crippen molar-refractivity contribution in [1.82, 2.24) is 0 Å². The number of benzene rings is 1. The summed E-state index contributed by atoms with van der Waals surface area (Å²) in [5.74, 6) is -1.17. The minimum absolute atomic E-state index is 0.0488. The van der Waals surface area contributed by atoms with Crippen LogP contribution in [0.25, 0.3) is 0 Å². The van der Waals surface area contributed by atoms with E-state index in [1.54, 1.807) is 0 Å². The summed E-state index contributed by atoms with van der Waals surface area (Å²) in [5.41, 5.74) is -7.17. The molecular weight excluding hydrogens is 333 g/mol. The second kappa shape index (κ2) is 5.44. The maximum atomic E-state index is 13.0. The molecule has 1 unspecified atom stereocenters. The van der Waals surface area contributed by atoms with Crippen LogP contribution < -0.4 is 0 Å². The van der Waals surface area contributed by atoms with Gasteiger partial charge in [0.05, 0.1) is 0 Å². The molecule has 1 aromatic carbocycles. The largest absolute Gasteiger partial charge is 0.523 e. The summed E-state index contributed by atoms with van der Waals surface area (Å²) in [6.45, 7) is 1.18. The number of hydrogen-bond acceptors (Lipinski definition) is 3. The van der Waals surface area contributed by atoms with E-state index in [0.29, 0.717) is 6.07 Å². The summed E-state index contributed by atoms with van der Waals surface area (Å²) < 4.78 is 112. The highest BCUT2D eigenvalue weighted by Crippen LogP contribution is 2.40. The summed E-state index contributed by atoms with van der Waals surface area (Å²) in [5, 5.41) is 0. The van der Waals surface area contributed by atoms with Gasteiger partial charge in [-0.2, -0.15) is 34.8 Å². The lowest BCUT2D eigenvalue weighted by molar-refractivity contribution is -0.200. The molecule has 0 amide bonds. The molecule has 0 fully saturated rings. The van der Waals surface area contributed by atoms with Crippen LogP contribution in [0.5, 0.6) is 0 Å². The lowest BCUT2D eigenvalue weighted by atomic mass is 10.1. The van der Waals surface area contributed by atoms with Crippen LogP contribution in [-0.4, -0.2) is 20.1 Å². The topological polar surface area (TPSA) is 43.4 Å². The molecule has 1 rings (SSSR count). The standard InChI is InChI=1S/C10H7F7O3S/c1-5-2-6(4-7(11)3-5)8(9(12,13)14)20-21(18,19)10(15,16)17/h2-4,8H,1H3. The Kier molecular flexibility index (Phi) is 4.59. The average Bonchev–Trinajstić information content (AvgIpc) is 2.21. The predicted octanol–water partition coefficient (Wildman–Crippen LogP) is 3.60. The second-order valence-corrected chi connectivity index (χ2v) is 5.54. The predicted molar refractivity (Wildman–Crippen MR) is 56.0 cm³/mol. The van der Waals surface area contributed by atoms with Crippen LogP contribution >= 0.6 is 0 Å². The first-order valence-electron chi connectivity index (χ1n) is 5.07. The van der Waals surface area contributed by atoms with Crippen molar-refractivity contribution in [3.63, 3.8) is 0 Å². The summed E-state index contributed by atoms with van der Waals surface area (Å²) in [6, 6.07) is 1.74. The lowest BCUT2D eigenvalue weighted by Gasteiger charge is -2.21. The van der Waals surface area contributed by atoms with E-state index in [1.807, 2.05) is 0 Å². The van der Waals surface area contributed by atoms with Gasteiger partial charge in [-0.05, 0) is 30.2 Å². The molecule has 0 aliphatic rings. The monoisotopic (exact) mass is 340 g/mol. The highest BCUT2D eigenvalue weighted by atomic mass is 32.2. The van der Waals surface area contributed by atoms with Crippen molar-refractivity contribution in [1.29, 1.82) is 0 Å². The molecule has 0 saturated heterocycles. The van der Waals surface area contributed by atoms with Crippen LogP contribution in [0.4, 0.5) is 30.7 Å². The normalized spacial score (nSPS) is 15.0. The number of alkyl halides is 6. The van der Waals surface area contributed by atoms with E-state index in [1.165, 1.54) is 6.92 Å². The first-order chi connectivity index (χ1) is 9.24. The minimum Gasteiger partial charge on any atom is -0.245 e. The number of aryl methyl sites for hydroxylation is 1. The van der Waals surface area contributed by atoms with Crippen molar-refractivity contribution in [3.05, 3.63) is 35.1 Å². The van der Waals surface area contributed by atoms with Crippen molar-refractivity contribution < 1.29 is 43.3 Å². The molecule has 0 N–H and O–H groups in total. The molecule has 120 valence electrons. The van der Waals surface area contributed by atoms with Gasteiger partial charge in [-0.3, -0.25) is 0 Å². The molecule has 0 saturated carbocycles. The fourth-order valence-electron chi connectivity index (χ4n) is 1.40. The van der Waals surface area contributed by atoms with Gasteiger partial charge >= 0.3 is 21.8 Å². The molecular formula is C10H7F7O3S. The zero-order valence-electron chi connectivity index (χ0n) is 10.1. The maximum Gasteiger partial charge on any atom is 0.523 e. The molecule has 11 heteroatoms. The van der Waals surface area contributed by atoms with Crippen LogP contribution in [0.3, 0.4) is 0 Å². The summed E-state index contributed by atoms with van der Waals surface area (Å²) in [6.07, 6.45) is -8.95. The van der Waals surface area contributed by atoms with E-state index in [4.69, 9.17) is 0 Å². The fourth-order valence-corrected chi connectivity index (χ4v) is 1.98. The number of rotatable bonds is 3. The zero-order valence-corrected chi connectivity index (χ0v) is 10.9. The lowest BCUT2D eigenvalue weighted by Crippen LogP contribution is -2.33. The molecule has 0 aliphatic heterocycles. The Morgan fingerprint density at radius 2 is 1.57 bits per heavy atom.